The summed E-state index contributed by atoms with van der Waals surface area (Å²) in [5, 5.41) is 74.4. The molecule has 0 atom stereocenters. The van der Waals surface area contributed by atoms with Crippen LogP contribution in [0, 0.1) is 11.8 Å². The van der Waals surface area contributed by atoms with Crippen molar-refractivity contribution < 1.29 is 141 Å². The fraction of sp³-hybridized carbons (Fsp3) is 0.560. The van der Waals surface area contributed by atoms with Gasteiger partial charge in [-0.25, -0.2) is 0 Å². The first-order chi connectivity index (χ1) is 64.0. The minimum Gasteiger partial charge on any atom is -0.508 e. The van der Waals surface area contributed by atoms with Crippen molar-refractivity contribution in [1.82, 2.24) is 31.9 Å². The molecule has 0 radical (unpaired) electrons. The third kappa shape index (κ3) is 58.5. The maximum absolute atomic E-state index is 12.9. The second-order valence-corrected chi connectivity index (χ2v) is 36.0. The zero-order chi connectivity index (χ0) is 101. The average molecular weight is 1900 g/mol. The Hall–Kier alpha value is -11.4. The number of ether oxygens (including phenoxy) is 7. The van der Waals surface area contributed by atoms with Crippen molar-refractivity contribution in [2.24, 2.45) is 11.8 Å². The molecule has 6 aromatic carbocycles. The van der Waals surface area contributed by atoms with Gasteiger partial charge in [0.05, 0.1) is 240 Å². The van der Waals surface area contributed by atoms with Gasteiger partial charge < -0.3 is 134 Å². The van der Waals surface area contributed by atoms with E-state index in [1.165, 1.54) is 75.9 Å². The van der Waals surface area contributed by atoms with Gasteiger partial charge in [-0.15, -0.1) is 0 Å². The molecule has 35 heteroatoms. The number of nitrogens with one attached hydrogen (secondary N) is 13. The van der Waals surface area contributed by atoms with E-state index in [0.29, 0.717) is 114 Å². The van der Waals surface area contributed by atoms with E-state index in [1.807, 2.05) is 52.5 Å². The first-order valence-electron chi connectivity index (χ1n) is 46.9. The van der Waals surface area contributed by atoms with E-state index >= 15 is 0 Å². The number of amides is 6. The average Bonchev–Trinajstić information content (AvgIpc) is 0.824. The maximum atomic E-state index is 12.9. The number of carbonyl (C=O) groups excluding carboxylic acids is 8. The molecule has 0 bridgehead atoms. The highest BCUT2D eigenvalue weighted by Gasteiger charge is 2.30. The SMILES string of the molecule is CC[N+](C)(C)CCCOC(=O)CCc1ccc(O)cc1.COc1cc(CC(C(=O)NCCC[NH+](C)C)C(=O)NCCC[NH+](C)C)cc(OC)c1O.COc1cc(CC(C(=O)NCC[NH+](C)C)C(=O)NCC[NH+](C)C)ccc1O.COc1cc(CCC(=O)NCCC[NH+](C)C)ccc1O.COc1cc(CCC(=O)OCCC[NH+](C)C)ccc1O.C[NH+](C)CCNC(=O)CCc1ccc(O)cc1. The summed E-state index contributed by atoms with van der Waals surface area (Å²) >= 11 is 0. The number of benzene rings is 6. The minimum atomic E-state index is -0.891. The summed E-state index contributed by atoms with van der Waals surface area (Å²) in [5.74, 6) is -0.859. The predicted molar refractivity (Wildman–Crippen MR) is 523 cm³/mol. The van der Waals surface area contributed by atoms with E-state index in [2.05, 4.69) is 123 Å². The number of hydrogen-bond donors (Lipinski definition) is 19. The second-order valence-electron chi connectivity index (χ2n) is 36.0. The van der Waals surface area contributed by atoms with Gasteiger partial charge in [0, 0.05) is 77.4 Å². The summed E-state index contributed by atoms with van der Waals surface area (Å²) < 4.78 is 36.9. The van der Waals surface area contributed by atoms with E-state index in [0.717, 1.165) is 136 Å². The Kier molecular flexibility index (Phi) is 63.3. The molecule has 6 amide bonds. The zero-order valence-electron chi connectivity index (χ0n) is 85.0. The molecule has 135 heavy (non-hydrogen) atoms. The molecular weight excluding hydrogens is 1730 g/mol. The van der Waals surface area contributed by atoms with Gasteiger partial charge in [-0.1, -0.05) is 42.5 Å². The normalized spacial score (nSPS) is 10.9. The molecule has 0 unspecified atom stereocenters. The van der Waals surface area contributed by atoms with Crippen molar-refractivity contribution in [1.29, 1.82) is 0 Å². The Labute approximate surface area is 803 Å². The maximum Gasteiger partial charge on any atom is 0.306 e. The molecular formula is C100H170N14O21+8. The molecule has 0 saturated carbocycles. The number of phenolic OH excluding ortho intramolecular Hbond substituents is 6. The lowest BCUT2D eigenvalue weighted by Crippen LogP contribution is -3.06. The van der Waals surface area contributed by atoms with Crippen LogP contribution in [0.25, 0.3) is 0 Å². The standard InChI is InChI=1S/C22H38N4O5.C19H32N4O4.C16H25NO3.C15H24N2O3.C15H23NO4.C13H20N2O2/c1-25(2)11-7-9-23-21(28)17(22(29)24-10-8-12-26(3)4)13-16-14-18(30-5)20(27)19(15-16)31-6;1-22(2)10-8-20-18(25)15(19(26)21-9-11-23(3)4)12-14-6-7-16(24)17(13-14)27-5;1-4-17(2,3)12-5-13-20-16(19)11-8-14-6-9-15(18)10-7-14;1-17(2)10-4-9-16-15(19)8-6-12-5-7-13(18)14(11-12)20-3;1-16(2)9-4-10-20-15(18)8-6-12-5-7-13(17)14(11-12)19-3;1-15(2)10-9-14-13(17)8-5-11-3-6-12(16)7-4-11/h14-15,17,27H,7-13H2,1-6H3,(H,23,28)(H,24,29);6-7,13,15,24H,8-12H2,1-5H3,(H,20,25)(H,21,26);6-7,9-10H,4-5,8,11-13H2,1-3H3;5,7,11,18H,4,6,8-10H2,1-3H3,(H,16,19);5,7,11,17H,4,6,8-10H2,1-3H3;3-4,6-7,16H,5,8-10H2,1-2H3,(H,14,17)/p+8. The number of hydrogen-bond acceptors (Lipinski definition) is 21. The predicted octanol–water partition coefficient (Wildman–Crippen LogP) is -2.71. The quantitative estimate of drug-likeness (QED) is 0.00799. The fourth-order valence-corrected chi connectivity index (χ4v) is 12.6. The van der Waals surface area contributed by atoms with Crippen LogP contribution >= 0.6 is 0 Å². The van der Waals surface area contributed by atoms with Crippen molar-refractivity contribution in [2.45, 2.75) is 103 Å². The molecule has 0 fully saturated rings. The van der Waals surface area contributed by atoms with E-state index < -0.39 is 11.8 Å². The first kappa shape index (κ1) is 122. The van der Waals surface area contributed by atoms with Gasteiger partial charge in [0.15, 0.2) is 46.0 Å². The third-order valence-corrected chi connectivity index (χ3v) is 21.2. The number of likely N-dealkylation sites (N-methyl/N-ethyl adjacent to an activating group) is 3. The van der Waals surface area contributed by atoms with Crippen LogP contribution in [0.3, 0.4) is 0 Å². The Balaban J connectivity index is 0.000000819. The Morgan fingerprint density at radius 1 is 0.319 bits per heavy atom. The summed E-state index contributed by atoms with van der Waals surface area (Å²) in [5.41, 5.74) is 5.43. The second kappa shape index (κ2) is 70.3. The van der Waals surface area contributed by atoms with Crippen molar-refractivity contribution in [3.8, 4) is 63.2 Å². The van der Waals surface area contributed by atoms with Gasteiger partial charge in [0.2, 0.25) is 41.2 Å². The highest BCUT2D eigenvalue weighted by molar-refractivity contribution is 6.01. The summed E-state index contributed by atoms with van der Waals surface area (Å²) in [4.78, 5) is 106. The van der Waals surface area contributed by atoms with Gasteiger partial charge in [0.25, 0.3) is 0 Å². The number of aryl methyl sites for hydroxylation is 4. The van der Waals surface area contributed by atoms with E-state index in [-0.39, 0.29) is 106 Å². The number of rotatable bonds is 55. The molecule has 0 aliphatic heterocycles. The van der Waals surface area contributed by atoms with E-state index in [9.17, 15) is 63.9 Å². The van der Waals surface area contributed by atoms with E-state index in [4.69, 9.17) is 38.3 Å². The van der Waals surface area contributed by atoms with Gasteiger partial charge in [-0.05, 0) is 152 Å². The number of esters is 2. The van der Waals surface area contributed by atoms with Crippen LogP contribution in [0.4, 0.5) is 0 Å². The van der Waals surface area contributed by atoms with Gasteiger partial charge in [-0.2, -0.15) is 0 Å². The summed E-state index contributed by atoms with van der Waals surface area (Å²) in [6, 6.07) is 32.2. The number of carbonyl (C=O) groups is 8. The zero-order valence-corrected chi connectivity index (χ0v) is 85.0. The van der Waals surface area contributed by atoms with Crippen LogP contribution in [0.2, 0.25) is 0 Å². The molecule has 35 nitrogen and oxygen atoms in total. The van der Waals surface area contributed by atoms with Crippen LogP contribution in [0.5, 0.6) is 63.2 Å². The topological polar surface area (TPSA) is 426 Å². The van der Waals surface area contributed by atoms with Crippen LogP contribution in [-0.2, 0) is 86.4 Å². The summed E-state index contributed by atoms with van der Waals surface area (Å²) in [7, 11) is 40.4. The van der Waals surface area contributed by atoms with Crippen molar-refractivity contribution in [3.63, 3.8) is 0 Å². The Morgan fingerprint density at radius 3 is 0.948 bits per heavy atom. The van der Waals surface area contributed by atoms with Crippen molar-refractivity contribution in [2.75, 3.05) is 260 Å². The van der Waals surface area contributed by atoms with Gasteiger partial charge >= 0.3 is 11.9 Å². The molecule has 0 aromatic heterocycles. The molecule has 758 valence electrons. The number of phenols is 6. The Morgan fingerprint density at radius 2 is 0.593 bits per heavy atom. The van der Waals surface area contributed by atoms with Crippen LogP contribution in [-0.4, -0.2) is 342 Å². The number of nitrogens with zero attached hydrogens (tertiary/aromatic N) is 1. The molecule has 19 N–H and O–H groups in total. The fourth-order valence-electron chi connectivity index (χ4n) is 12.6. The largest absolute Gasteiger partial charge is 0.508 e. The highest BCUT2D eigenvalue weighted by atomic mass is 16.5. The van der Waals surface area contributed by atoms with Gasteiger partial charge in [-0.3, -0.25) is 38.4 Å². The van der Waals surface area contributed by atoms with Crippen LogP contribution < -0.4 is 89.9 Å². The molecule has 6 aromatic rings. The lowest BCUT2D eigenvalue weighted by Gasteiger charge is -2.27. The number of aromatic hydroxyl groups is 6. The summed E-state index contributed by atoms with van der Waals surface area (Å²) in [6.07, 6.45) is 9.06. The van der Waals surface area contributed by atoms with Crippen molar-refractivity contribution in [3.05, 3.63) is 149 Å². The number of methoxy groups -OCH3 is 5. The monoisotopic (exact) mass is 1900 g/mol. The minimum absolute atomic E-state index is 0.0228. The third-order valence-electron chi connectivity index (χ3n) is 21.2. The van der Waals surface area contributed by atoms with E-state index in [1.54, 1.807) is 84.9 Å². The molecule has 0 heterocycles. The number of quaternary nitrogens is 8. The van der Waals surface area contributed by atoms with Crippen molar-refractivity contribution >= 4 is 47.4 Å². The van der Waals surface area contributed by atoms with Crippen LogP contribution in [0.15, 0.2) is 115 Å². The van der Waals surface area contributed by atoms with Crippen LogP contribution in [0.1, 0.15) is 98.1 Å². The van der Waals surface area contributed by atoms with Gasteiger partial charge in [0.1, 0.15) is 23.3 Å². The Bertz CT molecular complexity index is 4180. The molecule has 6 rings (SSSR count). The lowest BCUT2D eigenvalue weighted by atomic mass is 9.96. The molecule has 0 spiro atoms. The molecule has 0 aliphatic rings. The highest BCUT2D eigenvalue weighted by Crippen LogP contribution is 2.38. The molecule has 0 aliphatic carbocycles. The smallest absolute Gasteiger partial charge is 0.306 e. The lowest BCUT2D eigenvalue weighted by molar-refractivity contribution is -0.888. The summed E-state index contributed by atoms with van der Waals surface area (Å²) in [6.45, 7) is 15.1. The molecule has 0 saturated heterocycles. The first-order valence-corrected chi connectivity index (χ1v) is 46.9.